The van der Waals surface area contributed by atoms with Crippen LogP contribution in [0.4, 0.5) is 0 Å². The Hall–Kier alpha value is -2.84. The van der Waals surface area contributed by atoms with E-state index in [1.807, 2.05) is 19.0 Å². The van der Waals surface area contributed by atoms with Crippen LogP contribution in [0.25, 0.3) is 5.76 Å². The highest BCUT2D eigenvalue weighted by molar-refractivity contribution is 9.10. The molecule has 2 aromatic rings. The normalized spacial score (nSPS) is 17.8. The first kappa shape index (κ1) is 23.8. The fraction of sp³-hybridized carbons (Fsp3) is 0.333. The predicted molar refractivity (Wildman–Crippen MR) is 126 cm³/mol. The van der Waals surface area contributed by atoms with E-state index in [-0.39, 0.29) is 11.3 Å². The minimum atomic E-state index is -0.800. The van der Waals surface area contributed by atoms with Crippen LogP contribution < -0.4 is 9.47 Å². The molecule has 1 aliphatic rings. The fourth-order valence-corrected chi connectivity index (χ4v) is 4.15. The second-order valence-electron chi connectivity index (χ2n) is 7.74. The van der Waals surface area contributed by atoms with Crippen LogP contribution in [0.2, 0.25) is 0 Å². The van der Waals surface area contributed by atoms with Gasteiger partial charge in [0.05, 0.1) is 25.8 Å². The average Bonchev–Trinajstić information content (AvgIpc) is 3.03. The molecule has 2 aromatic carbocycles. The van der Waals surface area contributed by atoms with E-state index in [1.165, 1.54) is 19.1 Å². The quantitative estimate of drug-likeness (QED) is 0.335. The number of hydrogen-bond acceptors (Lipinski definition) is 6. The lowest BCUT2D eigenvalue weighted by molar-refractivity contribution is -0.140. The molecule has 0 aromatic heterocycles. The minimum absolute atomic E-state index is 0.0359. The van der Waals surface area contributed by atoms with Gasteiger partial charge in [0.2, 0.25) is 0 Å². The zero-order chi connectivity index (χ0) is 23.4. The second kappa shape index (κ2) is 10.2. The molecular formula is C24H27BrN2O5. The Morgan fingerprint density at radius 3 is 2.38 bits per heavy atom. The summed E-state index contributed by atoms with van der Waals surface area (Å²) in [6.45, 7) is 1.10. The van der Waals surface area contributed by atoms with E-state index in [9.17, 15) is 14.7 Å². The molecule has 32 heavy (non-hydrogen) atoms. The van der Waals surface area contributed by atoms with Gasteiger partial charge in [0.25, 0.3) is 11.7 Å². The van der Waals surface area contributed by atoms with Gasteiger partial charge in [0, 0.05) is 22.1 Å². The molecular weight excluding hydrogens is 476 g/mol. The van der Waals surface area contributed by atoms with E-state index in [1.54, 1.807) is 42.5 Å². The Kier molecular flexibility index (Phi) is 7.58. The van der Waals surface area contributed by atoms with Gasteiger partial charge in [-0.1, -0.05) is 40.2 Å². The second-order valence-corrected chi connectivity index (χ2v) is 8.65. The molecule has 0 aliphatic carbocycles. The maximum absolute atomic E-state index is 13.1. The number of nitrogens with zero attached hydrogens (tertiary/aromatic N) is 2. The third-order valence-corrected chi connectivity index (χ3v) is 5.92. The average molecular weight is 503 g/mol. The number of aliphatic hydroxyl groups excluding tert-OH is 1. The SMILES string of the molecule is COc1cccc([C@H]2C(=C(O)c3ccc(Br)cc3)C(=O)C(=O)N2CCCN(C)C)c1OC. The van der Waals surface area contributed by atoms with Crippen molar-refractivity contribution in [3.05, 3.63) is 63.6 Å². The number of halogens is 1. The number of ketones is 1. The van der Waals surface area contributed by atoms with Crippen molar-refractivity contribution in [2.45, 2.75) is 12.5 Å². The topological polar surface area (TPSA) is 79.3 Å². The molecule has 7 nitrogen and oxygen atoms in total. The maximum Gasteiger partial charge on any atom is 0.295 e. The first-order valence-corrected chi connectivity index (χ1v) is 11.0. The number of methoxy groups -OCH3 is 2. The number of carbonyl (C=O) groups excluding carboxylic acids is 2. The first-order chi connectivity index (χ1) is 15.3. The number of carbonyl (C=O) groups is 2. The fourth-order valence-electron chi connectivity index (χ4n) is 3.88. The lowest BCUT2D eigenvalue weighted by Crippen LogP contribution is -2.32. The van der Waals surface area contributed by atoms with Crippen molar-refractivity contribution in [1.82, 2.24) is 9.80 Å². The number of rotatable bonds is 8. The number of Topliss-reactive ketones (excluding diaryl/α,β-unsaturated/α-hetero) is 1. The van der Waals surface area contributed by atoms with E-state index >= 15 is 0 Å². The number of hydrogen-bond donors (Lipinski definition) is 1. The van der Waals surface area contributed by atoms with E-state index in [2.05, 4.69) is 15.9 Å². The van der Waals surface area contributed by atoms with Crippen molar-refractivity contribution in [3.63, 3.8) is 0 Å². The standard InChI is InChI=1S/C24H27BrN2O5/c1-26(2)13-6-14-27-20(17-7-5-8-18(31-3)23(17)32-4)19(22(29)24(27)30)21(28)15-9-11-16(25)12-10-15/h5,7-12,20,28H,6,13-14H2,1-4H3/t20-/m0/s1. The Morgan fingerprint density at radius 1 is 1.09 bits per heavy atom. The lowest BCUT2D eigenvalue weighted by atomic mass is 9.94. The van der Waals surface area contributed by atoms with E-state index < -0.39 is 17.7 Å². The number of benzene rings is 2. The molecule has 170 valence electrons. The molecule has 3 rings (SSSR count). The summed E-state index contributed by atoms with van der Waals surface area (Å²) in [6, 6.07) is 11.4. The maximum atomic E-state index is 13.1. The molecule has 1 fully saturated rings. The summed E-state index contributed by atoms with van der Waals surface area (Å²) >= 11 is 3.37. The molecule has 0 saturated carbocycles. The summed E-state index contributed by atoms with van der Waals surface area (Å²) in [5.74, 6) is -0.683. The van der Waals surface area contributed by atoms with Gasteiger partial charge >= 0.3 is 0 Å². The summed E-state index contributed by atoms with van der Waals surface area (Å²) in [4.78, 5) is 29.7. The Bertz CT molecular complexity index is 1030. The number of aliphatic hydroxyl groups is 1. The van der Waals surface area contributed by atoms with Crippen molar-refractivity contribution in [1.29, 1.82) is 0 Å². The number of para-hydroxylation sites is 1. The highest BCUT2D eigenvalue weighted by atomic mass is 79.9. The molecule has 1 amide bonds. The van der Waals surface area contributed by atoms with Crippen molar-refractivity contribution >= 4 is 33.4 Å². The molecule has 1 N–H and O–H groups in total. The molecule has 0 radical (unpaired) electrons. The largest absolute Gasteiger partial charge is 0.507 e. The summed E-state index contributed by atoms with van der Waals surface area (Å²) < 4.78 is 11.9. The van der Waals surface area contributed by atoms with Gasteiger partial charge in [0.15, 0.2) is 11.5 Å². The van der Waals surface area contributed by atoms with Gasteiger partial charge in [-0.05, 0) is 45.3 Å². The zero-order valence-corrected chi connectivity index (χ0v) is 20.2. The molecule has 0 spiro atoms. The highest BCUT2D eigenvalue weighted by Gasteiger charge is 2.47. The monoisotopic (exact) mass is 502 g/mol. The summed E-state index contributed by atoms with van der Waals surface area (Å²) in [6.07, 6.45) is 0.668. The van der Waals surface area contributed by atoms with Crippen molar-refractivity contribution in [3.8, 4) is 11.5 Å². The summed E-state index contributed by atoms with van der Waals surface area (Å²) in [7, 11) is 6.93. The third-order valence-electron chi connectivity index (χ3n) is 5.39. The molecule has 8 heteroatoms. The zero-order valence-electron chi connectivity index (χ0n) is 18.6. The molecule has 1 aliphatic heterocycles. The van der Waals surface area contributed by atoms with Crippen molar-refractivity contribution in [2.75, 3.05) is 41.4 Å². The van der Waals surface area contributed by atoms with Gasteiger partial charge < -0.3 is 24.4 Å². The Balaban J connectivity index is 2.19. The first-order valence-electron chi connectivity index (χ1n) is 10.2. The molecule has 1 saturated heterocycles. The highest BCUT2D eigenvalue weighted by Crippen LogP contribution is 2.45. The minimum Gasteiger partial charge on any atom is -0.507 e. The van der Waals surface area contributed by atoms with Crippen LogP contribution in [0.15, 0.2) is 52.5 Å². The summed E-state index contributed by atoms with van der Waals surface area (Å²) in [5.41, 5.74) is 1.06. The van der Waals surface area contributed by atoms with E-state index in [4.69, 9.17) is 9.47 Å². The van der Waals surface area contributed by atoms with E-state index in [0.29, 0.717) is 35.6 Å². The van der Waals surface area contributed by atoms with E-state index in [0.717, 1.165) is 11.0 Å². The van der Waals surface area contributed by atoms with Crippen LogP contribution in [0.1, 0.15) is 23.6 Å². The Labute approximate surface area is 196 Å². The van der Waals surface area contributed by atoms with Crippen LogP contribution >= 0.6 is 15.9 Å². The van der Waals surface area contributed by atoms with Crippen LogP contribution in [0.5, 0.6) is 11.5 Å². The molecule has 1 heterocycles. The molecule has 0 unspecified atom stereocenters. The predicted octanol–water partition coefficient (Wildman–Crippen LogP) is 3.84. The molecule has 0 bridgehead atoms. The summed E-state index contributed by atoms with van der Waals surface area (Å²) in [5, 5.41) is 11.1. The van der Waals surface area contributed by atoms with Gasteiger partial charge in [-0.15, -0.1) is 0 Å². The van der Waals surface area contributed by atoms with Crippen LogP contribution in [0, 0.1) is 0 Å². The van der Waals surface area contributed by atoms with Crippen molar-refractivity contribution in [2.24, 2.45) is 0 Å². The molecule has 1 atom stereocenters. The van der Waals surface area contributed by atoms with Gasteiger partial charge in [0.1, 0.15) is 5.76 Å². The van der Waals surface area contributed by atoms with Crippen LogP contribution in [0.3, 0.4) is 0 Å². The Morgan fingerprint density at radius 2 is 1.78 bits per heavy atom. The van der Waals surface area contributed by atoms with Gasteiger partial charge in [-0.3, -0.25) is 9.59 Å². The lowest BCUT2D eigenvalue weighted by Gasteiger charge is -2.27. The number of likely N-dealkylation sites (tertiary alicyclic amines) is 1. The van der Waals surface area contributed by atoms with Crippen LogP contribution in [-0.4, -0.2) is 68.0 Å². The number of amides is 1. The van der Waals surface area contributed by atoms with Gasteiger partial charge in [-0.2, -0.15) is 0 Å². The third kappa shape index (κ3) is 4.66. The van der Waals surface area contributed by atoms with Crippen molar-refractivity contribution < 1.29 is 24.2 Å². The number of ether oxygens (including phenoxy) is 2. The van der Waals surface area contributed by atoms with Crippen LogP contribution in [-0.2, 0) is 9.59 Å². The van der Waals surface area contributed by atoms with Gasteiger partial charge in [-0.25, -0.2) is 0 Å². The smallest absolute Gasteiger partial charge is 0.295 e.